The van der Waals surface area contributed by atoms with E-state index in [1.807, 2.05) is 0 Å². The Morgan fingerprint density at radius 2 is 2.17 bits per heavy atom. The third kappa shape index (κ3) is 4.21. The van der Waals surface area contributed by atoms with Gasteiger partial charge in [0.1, 0.15) is 0 Å². The molecule has 1 aliphatic heterocycles. The highest BCUT2D eigenvalue weighted by Crippen LogP contribution is 2.31. The molecule has 1 aromatic carbocycles. The molecule has 0 bridgehead atoms. The van der Waals surface area contributed by atoms with Gasteiger partial charge in [0.15, 0.2) is 0 Å². The minimum atomic E-state index is -3.53. The van der Waals surface area contributed by atoms with Crippen LogP contribution in [0.4, 0.5) is 5.69 Å². The van der Waals surface area contributed by atoms with Crippen LogP contribution in [-0.2, 0) is 26.0 Å². The number of sulfonamides is 1. The standard InChI is InChI=1S/C14H21N3O4S.ClH/c1-16-22(19,20)12-4-3-10-5-6-17(13(10)8-12)14(18)7-11(9-15)21-2;/h3-4,8,11,16H,5-7,9,15H2,1-2H3;1H. The van der Waals surface area contributed by atoms with Gasteiger partial charge in [-0.3, -0.25) is 4.79 Å². The number of fused-ring (bicyclic) bond motifs is 1. The van der Waals surface area contributed by atoms with Crippen molar-refractivity contribution in [1.82, 2.24) is 4.72 Å². The normalized spacial score (nSPS) is 15.0. The molecule has 0 aromatic heterocycles. The van der Waals surface area contributed by atoms with Crippen molar-refractivity contribution in [3.63, 3.8) is 0 Å². The third-order valence-corrected chi connectivity index (χ3v) is 5.24. The van der Waals surface area contributed by atoms with E-state index < -0.39 is 10.0 Å². The second-order valence-electron chi connectivity index (χ2n) is 5.09. The van der Waals surface area contributed by atoms with Crippen LogP contribution >= 0.6 is 12.4 Å². The van der Waals surface area contributed by atoms with E-state index in [-0.39, 0.29) is 42.3 Å². The van der Waals surface area contributed by atoms with Crippen LogP contribution < -0.4 is 15.4 Å². The zero-order valence-electron chi connectivity index (χ0n) is 13.1. The number of carbonyl (C=O) groups is 1. The summed E-state index contributed by atoms with van der Waals surface area (Å²) in [7, 11) is -0.663. The van der Waals surface area contributed by atoms with Gasteiger partial charge in [0.25, 0.3) is 0 Å². The van der Waals surface area contributed by atoms with Crippen molar-refractivity contribution in [2.45, 2.75) is 23.8 Å². The van der Waals surface area contributed by atoms with E-state index >= 15 is 0 Å². The molecule has 7 nitrogen and oxygen atoms in total. The number of nitrogens with two attached hydrogens (primary N) is 1. The smallest absolute Gasteiger partial charge is 0.240 e. The lowest BCUT2D eigenvalue weighted by atomic mass is 10.1. The Labute approximate surface area is 142 Å². The predicted octanol–water partition coefficient (Wildman–Crippen LogP) is 0.269. The van der Waals surface area contributed by atoms with Gasteiger partial charge >= 0.3 is 0 Å². The molecule has 1 amide bonds. The molecule has 1 unspecified atom stereocenters. The van der Waals surface area contributed by atoms with Crippen molar-refractivity contribution in [2.75, 3.05) is 32.1 Å². The van der Waals surface area contributed by atoms with E-state index in [1.54, 1.807) is 17.0 Å². The summed E-state index contributed by atoms with van der Waals surface area (Å²) in [6.45, 7) is 0.801. The quantitative estimate of drug-likeness (QED) is 0.755. The average molecular weight is 364 g/mol. The molecule has 2 rings (SSSR count). The Hall–Kier alpha value is -1.19. The zero-order valence-corrected chi connectivity index (χ0v) is 14.7. The van der Waals surface area contributed by atoms with Crippen molar-refractivity contribution in [3.8, 4) is 0 Å². The first-order chi connectivity index (χ1) is 10.4. The van der Waals surface area contributed by atoms with Crippen molar-refractivity contribution in [1.29, 1.82) is 0 Å². The molecule has 23 heavy (non-hydrogen) atoms. The highest BCUT2D eigenvalue weighted by atomic mass is 35.5. The molecule has 0 fully saturated rings. The summed E-state index contributed by atoms with van der Waals surface area (Å²) in [6.07, 6.45) is 0.553. The maximum Gasteiger partial charge on any atom is 0.240 e. The van der Waals surface area contributed by atoms with Crippen LogP contribution in [0.2, 0.25) is 0 Å². The third-order valence-electron chi connectivity index (χ3n) is 3.83. The number of methoxy groups -OCH3 is 1. The molecule has 0 saturated carbocycles. The Morgan fingerprint density at radius 3 is 2.74 bits per heavy atom. The molecule has 0 aliphatic carbocycles. The molecule has 9 heteroatoms. The fourth-order valence-corrected chi connectivity index (χ4v) is 3.22. The minimum absolute atomic E-state index is 0. The Balaban J connectivity index is 0.00000264. The van der Waals surface area contributed by atoms with Gasteiger partial charge in [0.05, 0.1) is 17.4 Å². The summed E-state index contributed by atoms with van der Waals surface area (Å²) in [5.74, 6) is -0.116. The predicted molar refractivity (Wildman–Crippen MR) is 90.5 cm³/mol. The lowest BCUT2D eigenvalue weighted by Crippen LogP contribution is -2.35. The van der Waals surface area contributed by atoms with Crippen molar-refractivity contribution in [2.24, 2.45) is 5.73 Å². The number of rotatable bonds is 6. The summed E-state index contributed by atoms with van der Waals surface area (Å²) in [6, 6.07) is 4.84. The summed E-state index contributed by atoms with van der Waals surface area (Å²) < 4.78 is 31.2. The van der Waals surface area contributed by atoms with E-state index in [1.165, 1.54) is 20.2 Å². The molecule has 0 radical (unpaired) electrons. The summed E-state index contributed by atoms with van der Waals surface area (Å²) in [5.41, 5.74) is 7.15. The van der Waals surface area contributed by atoms with E-state index in [2.05, 4.69) is 4.72 Å². The topological polar surface area (TPSA) is 102 Å². The molecule has 0 saturated heterocycles. The second-order valence-corrected chi connectivity index (χ2v) is 6.98. The highest BCUT2D eigenvalue weighted by Gasteiger charge is 2.27. The van der Waals surface area contributed by atoms with Gasteiger partial charge in [0, 0.05) is 25.9 Å². The van der Waals surface area contributed by atoms with Gasteiger partial charge in [-0.15, -0.1) is 12.4 Å². The summed E-state index contributed by atoms with van der Waals surface area (Å²) >= 11 is 0. The molecule has 1 atom stereocenters. The zero-order chi connectivity index (χ0) is 16.3. The Bertz CT molecular complexity index is 662. The van der Waals surface area contributed by atoms with Crippen LogP contribution in [-0.4, -0.2) is 47.7 Å². The van der Waals surface area contributed by atoms with Crippen LogP contribution in [0.15, 0.2) is 23.1 Å². The summed E-state index contributed by atoms with van der Waals surface area (Å²) in [5, 5.41) is 0. The molecule has 130 valence electrons. The average Bonchev–Trinajstić information content (AvgIpc) is 2.95. The van der Waals surface area contributed by atoms with Crippen LogP contribution in [0, 0.1) is 0 Å². The van der Waals surface area contributed by atoms with Crippen molar-refractivity contribution < 1.29 is 17.9 Å². The maximum absolute atomic E-state index is 12.4. The molecule has 3 N–H and O–H groups in total. The number of hydrogen-bond donors (Lipinski definition) is 2. The molecule has 0 spiro atoms. The largest absolute Gasteiger partial charge is 0.380 e. The van der Waals surface area contributed by atoms with Crippen LogP contribution in [0.1, 0.15) is 12.0 Å². The SMILES string of the molecule is CNS(=O)(=O)c1ccc2c(c1)N(C(=O)CC(CN)OC)CC2.Cl. The van der Waals surface area contributed by atoms with Gasteiger partial charge in [0.2, 0.25) is 15.9 Å². The molecule has 1 aromatic rings. The number of halogens is 1. The number of ether oxygens (including phenoxy) is 1. The Morgan fingerprint density at radius 1 is 1.48 bits per heavy atom. The van der Waals surface area contributed by atoms with E-state index in [4.69, 9.17) is 10.5 Å². The van der Waals surface area contributed by atoms with E-state index in [0.29, 0.717) is 18.7 Å². The second kappa shape index (κ2) is 8.07. The van der Waals surface area contributed by atoms with Crippen LogP contribution in [0.5, 0.6) is 0 Å². The number of nitrogens with zero attached hydrogens (tertiary/aromatic N) is 1. The molecule has 1 heterocycles. The lowest BCUT2D eigenvalue weighted by molar-refractivity contribution is -0.120. The highest BCUT2D eigenvalue weighted by molar-refractivity contribution is 7.89. The number of carbonyl (C=O) groups excluding carboxylic acids is 1. The molecular formula is C14H22ClN3O4S. The van der Waals surface area contributed by atoms with Crippen molar-refractivity contribution >= 4 is 34.0 Å². The lowest BCUT2D eigenvalue weighted by Gasteiger charge is -2.20. The number of hydrogen-bond acceptors (Lipinski definition) is 5. The van der Waals surface area contributed by atoms with Crippen LogP contribution in [0.3, 0.4) is 0 Å². The minimum Gasteiger partial charge on any atom is -0.380 e. The first kappa shape index (κ1) is 19.9. The molecular weight excluding hydrogens is 342 g/mol. The van der Waals surface area contributed by atoms with Gasteiger partial charge in [-0.1, -0.05) is 6.07 Å². The van der Waals surface area contributed by atoms with E-state index in [0.717, 1.165) is 5.56 Å². The van der Waals surface area contributed by atoms with Crippen molar-refractivity contribution in [3.05, 3.63) is 23.8 Å². The monoisotopic (exact) mass is 363 g/mol. The fraction of sp³-hybridized carbons (Fsp3) is 0.500. The van der Waals surface area contributed by atoms with Gasteiger partial charge < -0.3 is 15.4 Å². The Kier molecular flexibility index (Phi) is 6.97. The first-order valence-electron chi connectivity index (χ1n) is 7.02. The van der Waals surface area contributed by atoms with Gasteiger partial charge in [-0.05, 0) is 31.2 Å². The van der Waals surface area contributed by atoms with Crippen LogP contribution in [0.25, 0.3) is 0 Å². The number of nitrogens with one attached hydrogen (secondary N) is 1. The number of anilines is 1. The van der Waals surface area contributed by atoms with Gasteiger partial charge in [-0.25, -0.2) is 13.1 Å². The number of amides is 1. The van der Waals surface area contributed by atoms with Gasteiger partial charge in [-0.2, -0.15) is 0 Å². The fourth-order valence-electron chi connectivity index (χ4n) is 2.47. The maximum atomic E-state index is 12.4. The summed E-state index contributed by atoms with van der Waals surface area (Å²) in [4.78, 5) is 14.1. The number of benzene rings is 1. The molecule has 1 aliphatic rings. The van der Waals surface area contributed by atoms with E-state index in [9.17, 15) is 13.2 Å². The first-order valence-corrected chi connectivity index (χ1v) is 8.51.